The molecule has 0 spiro atoms. The summed E-state index contributed by atoms with van der Waals surface area (Å²) >= 11 is 0. The zero-order chi connectivity index (χ0) is 31.7. The van der Waals surface area contributed by atoms with Crippen LogP contribution in [0.1, 0.15) is 46.0 Å². The maximum absolute atomic E-state index is 14.9. The minimum absolute atomic E-state index is 0.0342. The van der Waals surface area contributed by atoms with Crippen LogP contribution in [-0.2, 0) is 14.8 Å². The molecule has 1 amide bonds. The second-order valence-electron chi connectivity index (χ2n) is 11.4. The molecule has 1 fully saturated rings. The summed E-state index contributed by atoms with van der Waals surface area (Å²) < 4.78 is 78.3. The Morgan fingerprint density at radius 1 is 1.26 bits per heavy atom. The normalized spacial score (nSPS) is 27.4. The Labute approximate surface area is 248 Å². The number of sulfonamides is 1. The predicted molar refractivity (Wildman–Crippen MR) is 155 cm³/mol. The van der Waals surface area contributed by atoms with Crippen LogP contribution in [0.4, 0.5) is 17.6 Å². The second-order valence-corrected chi connectivity index (χ2v) is 13.2. The third-order valence-corrected chi connectivity index (χ3v) is 8.57. The van der Waals surface area contributed by atoms with Crippen LogP contribution in [0.25, 0.3) is 0 Å². The SMILES string of the molecule is CC(C)N1C(=O)C(=C2C=C(F)C(NS(=O)(=O)CCC(F)(F)F)=CC2)C=C2C=NC(NC3CCC(=CN(C)C)C(O)C3)=NC21. The number of aliphatic hydroxyl groups excluding tert-OH is 1. The number of rotatable bonds is 7. The van der Waals surface area contributed by atoms with Crippen LogP contribution in [0.2, 0.25) is 0 Å². The Balaban J connectivity index is 1.52. The smallest absolute Gasteiger partial charge is 0.389 e. The van der Waals surface area contributed by atoms with Gasteiger partial charge in [0.1, 0.15) is 5.83 Å². The molecule has 4 aliphatic rings. The average molecular weight is 629 g/mol. The van der Waals surface area contributed by atoms with Gasteiger partial charge in [0.25, 0.3) is 5.91 Å². The number of aliphatic hydroxyl groups is 1. The number of guanidine groups is 1. The number of amides is 1. The van der Waals surface area contributed by atoms with Gasteiger partial charge in [-0.25, -0.2) is 22.8 Å². The number of allylic oxidation sites excluding steroid dienone is 4. The molecule has 3 atom stereocenters. The third kappa shape index (κ3) is 8.13. The Morgan fingerprint density at radius 3 is 2.58 bits per heavy atom. The molecule has 0 saturated heterocycles. The number of nitrogens with zero attached hydrogens (tertiary/aromatic N) is 4. The molecule has 4 rings (SSSR count). The zero-order valence-electron chi connectivity index (χ0n) is 24.3. The molecule has 3 unspecified atom stereocenters. The first-order chi connectivity index (χ1) is 20.0. The summed E-state index contributed by atoms with van der Waals surface area (Å²) in [5.74, 6) is -2.33. The molecule has 0 bridgehead atoms. The van der Waals surface area contributed by atoms with Crippen molar-refractivity contribution in [1.29, 1.82) is 0 Å². The van der Waals surface area contributed by atoms with Crippen molar-refractivity contribution in [2.75, 3.05) is 19.8 Å². The van der Waals surface area contributed by atoms with Crippen LogP contribution < -0.4 is 10.0 Å². The highest BCUT2D eigenvalue weighted by molar-refractivity contribution is 7.89. The van der Waals surface area contributed by atoms with E-state index in [0.29, 0.717) is 24.4 Å². The van der Waals surface area contributed by atoms with Crippen molar-refractivity contribution in [2.24, 2.45) is 9.98 Å². The third-order valence-electron chi connectivity index (χ3n) is 7.30. The Kier molecular flexibility index (Phi) is 9.54. The molecule has 2 aliphatic heterocycles. The molecule has 236 valence electrons. The fourth-order valence-electron chi connectivity index (χ4n) is 5.25. The minimum atomic E-state index is -4.67. The molecular formula is C28H36F4N6O4S. The fraction of sp³-hybridized carbons (Fsp3) is 0.536. The summed E-state index contributed by atoms with van der Waals surface area (Å²) in [6, 6.07) is -0.366. The van der Waals surface area contributed by atoms with Gasteiger partial charge in [0, 0.05) is 49.7 Å². The number of halogens is 4. The quantitative estimate of drug-likeness (QED) is 0.294. The molecule has 0 radical (unpaired) electrons. The van der Waals surface area contributed by atoms with Crippen molar-refractivity contribution in [3.63, 3.8) is 0 Å². The summed E-state index contributed by atoms with van der Waals surface area (Å²) in [6.07, 6.45) is 1.69. The fourth-order valence-corrected chi connectivity index (χ4v) is 6.37. The van der Waals surface area contributed by atoms with Crippen molar-refractivity contribution >= 4 is 28.1 Å². The van der Waals surface area contributed by atoms with E-state index in [1.807, 2.05) is 43.8 Å². The Hall–Kier alpha value is -3.46. The topological polar surface area (TPSA) is 127 Å². The van der Waals surface area contributed by atoms with Crippen LogP contribution >= 0.6 is 0 Å². The molecule has 2 aliphatic carbocycles. The molecule has 3 N–H and O–H groups in total. The summed E-state index contributed by atoms with van der Waals surface area (Å²) in [6.45, 7) is 3.64. The van der Waals surface area contributed by atoms with Gasteiger partial charge in [-0.05, 0) is 62.8 Å². The predicted octanol–water partition coefficient (Wildman–Crippen LogP) is 3.19. The van der Waals surface area contributed by atoms with Crippen molar-refractivity contribution < 1.29 is 35.9 Å². The maximum Gasteiger partial charge on any atom is 0.390 e. The Bertz CT molecular complexity index is 1460. The number of nitrogens with one attached hydrogen (secondary N) is 2. The summed E-state index contributed by atoms with van der Waals surface area (Å²) in [5, 5.41) is 13.8. The van der Waals surface area contributed by atoms with Gasteiger partial charge in [-0.1, -0.05) is 6.08 Å². The summed E-state index contributed by atoms with van der Waals surface area (Å²) in [4.78, 5) is 26.2. The van der Waals surface area contributed by atoms with Gasteiger partial charge in [-0.2, -0.15) is 13.2 Å². The lowest BCUT2D eigenvalue weighted by Crippen LogP contribution is -2.51. The van der Waals surface area contributed by atoms with Gasteiger partial charge >= 0.3 is 6.18 Å². The zero-order valence-corrected chi connectivity index (χ0v) is 25.1. The Morgan fingerprint density at radius 2 is 1.98 bits per heavy atom. The molecule has 10 nitrogen and oxygen atoms in total. The van der Waals surface area contributed by atoms with Crippen molar-refractivity contribution in [3.05, 3.63) is 58.2 Å². The number of hydrogen-bond acceptors (Lipinski definition) is 8. The molecule has 43 heavy (non-hydrogen) atoms. The van der Waals surface area contributed by atoms with Gasteiger partial charge in [0.05, 0.1) is 24.0 Å². The number of carbonyl (C=O) groups excluding carboxylic acids is 1. The molecule has 0 aromatic rings. The van der Waals surface area contributed by atoms with E-state index in [9.17, 15) is 35.9 Å². The highest BCUT2D eigenvalue weighted by Gasteiger charge is 2.38. The lowest BCUT2D eigenvalue weighted by molar-refractivity contribution is -0.131. The van der Waals surface area contributed by atoms with Crippen LogP contribution in [0.15, 0.2) is 68.2 Å². The first-order valence-electron chi connectivity index (χ1n) is 13.9. The number of hydrogen-bond donors (Lipinski definition) is 3. The van der Waals surface area contributed by atoms with Crippen LogP contribution in [0, 0.1) is 0 Å². The summed E-state index contributed by atoms with van der Waals surface area (Å²) in [5.41, 5.74) is 1.53. The molecule has 2 heterocycles. The van der Waals surface area contributed by atoms with Crippen molar-refractivity contribution in [3.8, 4) is 0 Å². The first kappa shape index (κ1) is 32.5. The van der Waals surface area contributed by atoms with Gasteiger partial charge in [-0.15, -0.1) is 0 Å². The van der Waals surface area contributed by atoms with Crippen LogP contribution in [0.3, 0.4) is 0 Å². The maximum atomic E-state index is 14.9. The van der Waals surface area contributed by atoms with E-state index in [-0.39, 0.29) is 29.7 Å². The van der Waals surface area contributed by atoms with E-state index in [1.54, 1.807) is 17.2 Å². The molecule has 15 heteroatoms. The van der Waals surface area contributed by atoms with Gasteiger partial charge in [0.15, 0.2) is 6.17 Å². The molecule has 0 aromatic heterocycles. The number of alkyl halides is 3. The highest BCUT2D eigenvalue weighted by atomic mass is 32.2. The van der Waals surface area contributed by atoms with Gasteiger partial charge < -0.3 is 20.2 Å². The lowest BCUT2D eigenvalue weighted by atomic mass is 9.89. The van der Waals surface area contributed by atoms with Gasteiger partial charge in [0.2, 0.25) is 16.0 Å². The minimum Gasteiger partial charge on any atom is -0.389 e. The largest absolute Gasteiger partial charge is 0.390 e. The lowest BCUT2D eigenvalue weighted by Gasteiger charge is -2.39. The monoisotopic (exact) mass is 628 g/mol. The van der Waals surface area contributed by atoms with Crippen molar-refractivity contribution in [1.82, 2.24) is 19.8 Å². The van der Waals surface area contributed by atoms with E-state index >= 15 is 0 Å². The van der Waals surface area contributed by atoms with E-state index in [4.69, 9.17) is 0 Å². The van der Waals surface area contributed by atoms with Gasteiger partial charge in [-0.3, -0.25) is 9.52 Å². The van der Waals surface area contributed by atoms with E-state index in [0.717, 1.165) is 18.1 Å². The van der Waals surface area contributed by atoms with Crippen LogP contribution in [-0.4, -0.2) is 91.8 Å². The highest BCUT2D eigenvalue weighted by Crippen LogP contribution is 2.33. The molecular weight excluding hydrogens is 592 g/mol. The first-order valence-corrected chi connectivity index (χ1v) is 15.5. The van der Waals surface area contributed by atoms with E-state index in [2.05, 4.69) is 15.3 Å². The molecule has 1 saturated carbocycles. The number of carbonyl (C=O) groups is 1. The average Bonchev–Trinajstić information content (AvgIpc) is 2.89. The molecule has 0 aromatic carbocycles. The van der Waals surface area contributed by atoms with Crippen LogP contribution in [0.5, 0.6) is 0 Å². The van der Waals surface area contributed by atoms with Crippen molar-refractivity contribution in [2.45, 2.75) is 76.5 Å². The van der Waals surface area contributed by atoms with E-state index < -0.39 is 58.1 Å². The number of aliphatic imine (C=N–C) groups is 2. The number of fused-ring (bicyclic) bond motifs is 1. The standard InChI is InChI=1S/C28H36F4N6O4S/c1-16(2)38-25-19(14-33-27(35-25)34-20-7-5-18(15-37(3)4)24(39)13-20)11-21(26(38)40)17-6-8-23(22(29)12-17)36-43(41,42)10-9-28(30,31)32/h8,11-12,14-16,20,24-25,36,39H,5-7,9-10,13H2,1-4H3,(H,34,35). The summed E-state index contributed by atoms with van der Waals surface area (Å²) in [7, 11) is -0.638. The second kappa shape index (κ2) is 12.6. The van der Waals surface area contributed by atoms with E-state index in [1.165, 1.54) is 6.08 Å².